The molecule has 0 aromatic heterocycles. The van der Waals surface area contributed by atoms with E-state index in [0.717, 1.165) is 12.8 Å². The molecular formula is C15H24O3. The third-order valence-electron chi connectivity index (χ3n) is 2.77. The lowest BCUT2D eigenvalue weighted by Gasteiger charge is -2.09. The molecule has 0 aromatic carbocycles. The number of allylic oxidation sites excluding steroid dienone is 4. The number of hydrogen-bond donors (Lipinski definition) is 0. The first kappa shape index (κ1) is 16.6. The molecule has 3 nitrogen and oxygen atoms in total. The molecule has 0 amide bonds. The molecule has 3 heteroatoms. The standard InChI is InChI=1S/C15H24O3/c1-11(2)7-6-8-12(3)9-10-14(13(4)16)15(17)18-5/h7,9,14H,6,8,10H2,1-5H3. The highest BCUT2D eigenvalue weighted by molar-refractivity contribution is 5.97. The number of carbonyl (C=O) groups excluding carboxylic acids is 2. The molecule has 0 N–H and O–H groups in total. The van der Waals surface area contributed by atoms with Crippen molar-refractivity contribution in [3.63, 3.8) is 0 Å². The van der Waals surface area contributed by atoms with Crippen LogP contribution in [0.15, 0.2) is 23.3 Å². The fraction of sp³-hybridized carbons (Fsp3) is 0.600. The highest BCUT2D eigenvalue weighted by Gasteiger charge is 2.22. The molecule has 0 spiro atoms. The summed E-state index contributed by atoms with van der Waals surface area (Å²) >= 11 is 0. The summed E-state index contributed by atoms with van der Waals surface area (Å²) in [4.78, 5) is 22.7. The average Bonchev–Trinajstić information content (AvgIpc) is 2.27. The Kier molecular flexibility index (Phi) is 8.01. The number of esters is 1. The summed E-state index contributed by atoms with van der Waals surface area (Å²) in [5, 5.41) is 0. The van der Waals surface area contributed by atoms with Gasteiger partial charge in [-0.05, 0) is 47.0 Å². The van der Waals surface area contributed by atoms with Crippen LogP contribution in [0, 0.1) is 5.92 Å². The van der Waals surface area contributed by atoms with Crippen LogP contribution in [-0.4, -0.2) is 18.9 Å². The topological polar surface area (TPSA) is 43.4 Å². The summed E-state index contributed by atoms with van der Waals surface area (Å²) in [6.07, 6.45) is 6.52. The van der Waals surface area contributed by atoms with Gasteiger partial charge in [-0.1, -0.05) is 23.3 Å². The van der Waals surface area contributed by atoms with E-state index in [0.29, 0.717) is 6.42 Å². The molecule has 18 heavy (non-hydrogen) atoms. The predicted octanol–water partition coefficient (Wildman–Crippen LogP) is 3.45. The zero-order chi connectivity index (χ0) is 14.1. The van der Waals surface area contributed by atoms with Crippen LogP contribution in [0.2, 0.25) is 0 Å². The van der Waals surface area contributed by atoms with Crippen molar-refractivity contribution in [2.24, 2.45) is 5.92 Å². The molecule has 0 aromatic rings. The summed E-state index contributed by atoms with van der Waals surface area (Å²) in [5.74, 6) is -1.25. The fourth-order valence-electron chi connectivity index (χ4n) is 1.58. The molecule has 0 aliphatic carbocycles. The lowest BCUT2D eigenvalue weighted by Crippen LogP contribution is -2.22. The quantitative estimate of drug-likeness (QED) is 0.396. The number of Topliss-reactive ketones (excluding diaryl/α,β-unsaturated/α-hetero) is 1. The van der Waals surface area contributed by atoms with E-state index in [4.69, 9.17) is 0 Å². The van der Waals surface area contributed by atoms with Gasteiger partial charge < -0.3 is 4.74 Å². The van der Waals surface area contributed by atoms with Gasteiger partial charge in [-0.15, -0.1) is 0 Å². The molecule has 0 heterocycles. The Morgan fingerprint density at radius 3 is 2.17 bits per heavy atom. The zero-order valence-electron chi connectivity index (χ0n) is 12.1. The molecule has 0 rings (SSSR count). The first-order chi connectivity index (χ1) is 8.38. The maximum Gasteiger partial charge on any atom is 0.316 e. The molecule has 0 aliphatic rings. The van der Waals surface area contributed by atoms with E-state index in [2.05, 4.69) is 24.7 Å². The maximum atomic E-state index is 11.4. The van der Waals surface area contributed by atoms with Crippen LogP contribution in [0.4, 0.5) is 0 Å². The van der Waals surface area contributed by atoms with Gasteiger partial charge >= 0.3 is 5.97 Å². The SMILES string of the molecule is COC(=O)C(CC=C(C)CCC=C(C)C)C(C)=O. The Hall–Kier alpha value is -1.38. The maximum absolute atomic E-state index is 11.4. The van der Waals surface area contributed by atoms with E-state index < -0.39 is 11.9 Å². The molecule has 0 radical (unpaired) electrons. The Labute approximate surface area is 110 Å². The average molecular weight is 252 g/mol. The van der Waals surface area contributed by atoms with Gasteiger partial charge in [-0.25, -0.2) is 0 Å². The van der Waals surface area contributed by atoms with Crippen molar-refractivity contribution in [2.75, 3.05) is 7.11 Å². The van der Waals surface area contributed by atoms with Gasteiger partial charge in [0, 0.05) is 0 Å². The Morgan fingerprint density at radius 1 is 1.11 bits per heavy atom. The monoisotopic (exact) mass is 252 g/mol. The van der Waals surface area contributed by atoms with Gasteiger partial charge in [0.1, 0.15) is 11.7 Å². The summed E-state index contributed by atoms with van der Waals surface area (Å²) in [6, 6.07) is 0. The molecule has 0 bridgehead atoms. The molecule has 0 saturated heterocycles. The smallest absolute Gasteiger partial charge is 0.316 e. The Bertz CT molecular complexity index is 347. The highest BCUT2D eigenvalue weighted by Crippen LogP contribution is 2.13. The van der Waals surface area contributed by atoms with E-state index in [9.17, 15) is 9.59 Å². The second-order valence-electron chi connectivity index (χ2n) is 4.79. The normalized spacial score (nSPS) is 12.8. The minimum absolute atomic E-state index is 0.143. The number of ether oxygens (including phenoxy) is 1. The van der Waals surface area contributed by atoms with Crippen LogP contribution in [0.5, 0.6) is 0 Å². The van der Waals surface area contributed by atoms with Crippen LogP contribution in [0.3, 0.4) is 0 Å². The van der Waals surface area contributed by atoms with Crippen molar-refractivity contribution >= 4 is 11.8 Å². The zero-order valence-corrected chi connectivity index (χ0v) is 12.1. The number of hydrogen-bond acceptors (Lipinski definition) is 3. The number of ketones is 1. The lowest BCUT2D eigenvalue weighted by molar-refractivity contribution is -0.148. The second-order valence-corrected chi connectivity index (χ2v) is 4.79. The van der Waals surface area contributed by atoms with E-state index in [1.165, 1.54) is 25.2 Å². The van der Waals surface area contributed by atoms with E-state index in [1.807, 2.05) is 13.0 Å². The molecule has 0 saturated carbocycles. The molecule has 102 valence electrons. The van der Waals surface area contributed by atoms with Gasteiger partial charge in [0.25, 0.3) is 0 Å². The van der Waals surface area contributed by atoms with Gasteiger partial charge in [0.05, 0.1) is 7.11 Å². The summed E-state index contributed by atoms with van der Waals surface area (Å²) in [7, 11) is 1.31. The first-order valence-electron chi connectivity index (χ1n) is 6.25. The van der Waals surface area contributed by atoms with Crippen LogP contribution >= 0.6 is 0 Å². The van der Waals surface area contributed by atoms with Crippen LogP contribution < -0.4 is 0 Å². The fourth-order valence-corrected chi connectivity index (χ4v) is 1.58. The second kappa shape index (κ2) is 8.67. The molecule has 1 atom stereocenters. The molecule has 0 fully saturated rings. The van der Waals surface area contributed by atoms with Gasteiger partial charge in [-0.3, -0.25) is 9.59 Å². The summed E-state index contributed by atoms with van der Waals surface area (Å²) in [6.45, 7) is 7.59. The number of methoxy groups -OCH3 is 1. The summed E-state index contributed by atoms with van der Waals surface area (Å²) < 4.78 is 4.62. The Morgan fingerprint density at radius 2 is 1.72 bits per heavy atom. The molecular weight excluding hydrogens is 228 g/mol. The van der Waals surface area contributed by atoms with Gasteiger partial charge in [-0.2, -0.15) is 0 Å². The molecule has 0 aliphatic heterocycles. The highest BCUT2D eigenvalue weighted by atomic mass is 16.5. The van der Waals surface area contributed by atoms with Crippen molar-refractivity contribution in [3.8, 4) is 0 Å². The number of carbonyl (C=O) groups is 2. The lowest BCUT2D eigenvalue weighted by atomic mass is 9.99. The van der Waals surface area contributed by atoms with Gasteiger partial charge in [0.15, 0.2) is 0 Å². The third-order valence-corrected chi connectivity index (χ3v) is 2.77. The van der Waals surface area contributed by atoms with Gasteiger partial charge in [0.2, 0.25) is 0 Å². The predicted molar refractivity (Wildman–Crippen MR) is 73.2 cm³/mol. The summed E-state index contributed by atoms with van der Waals surface area (Å²) in [5.41, 5.74) is 2.50. The number of rotatable bonds is 7. The van der Waals surface area contributed by atoms with Crippen molar-refractivity contribution in [1.82, 2.24) is 0 Å². The first-order valence-corrected chi connectivity index (χ1v) is 6.25. The van der Waals surface area contributed by atoms with Crippen LogP contribution in [0.25, 0.3) is 0 Å². The minimum Gasteiger partial charge on any atom is -0.468 e. The van der Waals surface area contributed by atoms with Crippen LogP contribution in [-0.2, 0) is 14.3 Å². The van der Waals surface area contributed by atoms with E-state index in [1.54, 1.807) is 0 Å². The largest absolute Gasteiger partial charge is 0.468 e. The van der Waals surface area contributed by atoms with E-state index in [-0.39, 0.29) is 5.78 Å². The Balaban J connectivity index is 4.36. The third kappa shape index (κ3) is 7.05. The van der Waals surface area contributed by atoms with Crippen molar-refractivity contribution in [1.29, 1.82) is 0 Å². The van der Waals surface area contributed by atoms with E-state index >= 15 is 0 Å². The van der Waals surface area contributed by atoms with Crippen molar-refractivity contribution in [2.45, 2.75) is 47.0 Å². The van der Waals surface area contributed by atoms with Crippen LogP contribution in [0.1, 0.15) is 47.0 Å². The molecule has 1 unspecified atom stereocenters. The van der Waals surface area contributed by atoms with Crippen molar-refractivity contribution < 1.29 is 14.3 Å². The minimum atomic E-state index is -0.659. The van der Waals surface area contributed by atoms with Crippen molar-refractivity contribution in [3.05, 3.63) is 23.3 Å².